The summed E-state index contributed by atoms with van der Waals surface area (Å²) in [7, 11) is 0. The van der Waals surface area contributed by atoms with Crippen molar-refractivity contribution in [1.82, 2.24) is 9.80 Å². The molecule has 1 aliphatic heterocycles. The molecule has 0 radical (unpaired) electrons. The molecule has 3 aromatic rings. The van der Waals surface area contributed by atoms with E-state index in [0.29, 0.717) is 28.6 Å². The van der Waals surface area contributed by atoms with Gasteiger partial charge in [0.15, 0.2) is 5.43 Å². The maximum atomic E-state index is 14.0. The molecule has 0 N–H and O–H groups in total. The summed E-state index contributed by atoms with van der Waals surface area (Å²) >= 11 is 0. The fourth-order valence-electron chi connectivity index (χ4n) is 4.23. The number of benzene rings is 2. The summed E-state index contributed by atoms with van der Waals surface area (Å²) in [6.07, 6.45) is 0.751. The first-order valence-electron chi connectivity index (χ1n) is 10.4. The topological polar surface area (TPSA) is 53.8 Å². The minimum atomic E-state index is -0.652. The van der Waals surface area contributed by atoms with Crippen molar-refractivity contribution in [3.8, 4) is 0 Å². The highest BCUT2D eigenvalue weighted by molar-refractivity contribution is 5.99. The molecule has 2 aromatic carbocycles. The van der Waals surface area contributed by atoms with Crippen molar-refractivity contribution in [3.63, 3.8) is 0 Å². The standard InChI is InChI=1S/C24H25FN2O3/c1-3-26(4-2)13-8-14-27-21(16-9-7-10-17(25)15-16)20-22(28)18-11-5-6-12-19(18)30-23(20)24(27)29/h5-7,9-12,15,21H,3-4,8,13-14H2,1-2H3/t21-/m1/s1. The number of carbonyl (C=O) groups excluding carboxylic acids is 1. The van der Waals surface area contributed by atoms with Crippen molar-refractivity contribution in [2.75, 3.05) is 26.2 Å². The molecule has 4 rings (SSSR count). The zero-order valence-electron chi connectivity index (χ0n) is 17.2. The van der Waals surface area contributed by atoms with Gasteiger partial charge in [-0.3, -0.25) is 9.59 Å². The van der Waals surface area contributed by atoms with Crippen molar-refractivity contribution < 1.29 is 13.6 Å². The third-order valence-electron chi connectivity index (χ3n) is 5.81. The summed E-state index contributed by atoms with van der Waals surface area (Å²) in [5, 5.41) is 0.426. The summed E-state index contributed by atoms with van der Waals surface area (Å²) in [4.78, 5) is 30.5. The Kier molecular flexibility index (Phi) is 5.68. The summed E-state index contributed by atoms with van der Waals surface area (Å²) in [5.74, 6) is -0.654. The quantitative estimate of drug-likeness (QED) is 0.588. The molecule has 1 atom stereocenters. The van der Waals surface area contributed by atoms with E-state index in [9.17, 15) is 14.0 Å². The number of halogens is 1. The number of nitrogens with zero attached hydrogens (tertiary/aromatic N) is 2. The molecule has 6 heteroatoms. The van der Waals surface area contributed by atoms with Gasteiger partial charge < -0.3 is 14.2 Å². The fourth-order valence-corrected chi connectivity index (χ4v) is 4.23. The van der Waals surface area contributed by atoms with Crippen LogP contribution in [0.25, 0.3) is 11.0 Å². The summed E-state index contributed by atoms with van der Waals surface area (Å²) in [6.45, 7) is 7.36. The lowest BCUT2D eigenvalue weighted by atomic mass is 9.98. The molecule has 0 spiro atoms. The van der Waals surface area contributed by atoms with Gasteiger partial charge in [-0.15, -0.1) is 0 Å². The van der Waals surface area contributed by atoms with Crippen LogP contribution in [0.4, 0.5) is 4.39 Å². The zero-order chi connectivity index (χ0) is 21.3. The Morgan fingerprint density at radius 1 is 1.07 bits per heavy atom. The lowest BCUT2D eigenvalue weighted by Crippen LogP contribution is -2.33. The summed E-state index contributed by atoms with van der Waals surface area (Å²) in [5.41, 5.74) is 1.03. The van der Waals surface area contributed by atoms with Crippen LogP contribution in [0.2, 0.25) is 0 Å². The smallest absolute Gasteiger partial charge is 0.290 e. The zero-order valence-corrected chi connectivity index (χ0v) is 17.2. The van der Waals surface area contributed by atoms with Crippen LogP contribution >= 0.6 is 0 Å². The predicted molar refractivity (Wildman–Crippen MR) is 114 cm³/mol. The van der Waals surface area contributed by atoms with Gasteiger partial charge in [-0.1, -0.05) is 38.1 Å². The van der Waals surface area contributed by atoms with Crippen LogP contribution < -0.4 is 5.43 Å². The Bertz CT molecular complexity index is 1140. The van der Waals surface area contributed by atoms with E-state index in [4.69, 9.17) is 4.42 Å². The predicted octanol–water partition coefficient (Wildman–Crippen LogP) is 4.21. The van der Waals surface area contributed by atoms with Gasteiger partial charge in [0.2, 0.25) is 5.76 Å². The molecule has 0 aliphatic carbocycles. The van der Waals surface area contributed by atoms with Crippen molar-refractivity contribution in [1.29, 1.82) is 0 Å². The summed E-state index contributed by atoms with van der Waals surface area (Å²) in [6, 6.07) is 12.4. The Morgan fingerprint density at radius 2 is 1.83 bits per heavy atom. The molecule has 2 heterocycles. The Balaban J connectivity index is 1.79. The van der Waals surface area contributed by atoms with E-state index in [2.05, 4.69) is 18.7 Å². The highest BCUT2D eigenvalue weighted by atomic mass is 19.1. The molecule has 5 nitrogen and oxygen atoms in total. The lowest BCUT2D eigenvalue weighted by Gasteiger charge is -2.26. The van der Waals surface area contributed by atoms with Gasteiger partial charge >= 0.3 is 0 Å². The van der Waals surface area contributed by atoms with Crippen molar-refractivity contribution in [3.05, 3.63) is 81.5 Å². The molecule has 0 fully saturated rings. The molecule has 0 saturated heterocycles. The number of carbonyl (C=O) groups is 1. The number of amides is 1. The van der Waals surface area contributed by atoms with Crippen molar-refractivity contribution in [2.24, 2.45) is 0 Å². The normalized spacial score (nSPS) is 15.9. The van der Waals surface area contributed by atoms with Crippen molar-refractivity contribution in [2.45, 2.75) is 26.3 Å². The molecule has 1 amide bonds. The Morgan fingerprint density at radius 3 is 2.57 bits per heavy atom. The van der Waals surface area contributed by atoms with Gasteiger partial charge in [-0.05, 0) is 55.9 Å². The molecule has 1 aliphatic rings. The fraction of sp³-hybridized carbons (Fsp3) is 0.333. The number of hydrogen-bond donors (Lipinski definition) is 0. The number of rotatable bonds is 7. The molecule has 1 aromatic heterocycles. The second-order valence-electron chi connectivity index (χ2n) is 7.51. The number of hydrogen-bond acceptors (Lipinski definition) is 4. The van der Waals surface area contributed by atoms with Gasteiger partial charge in [-0.25, -0.2) is 4.39 Å². The largest absolute Gasteiger partial charge is 0.450 e. The van der Waals surface area contributed by atoms with E-state index in [-0.39, 0.29) is 17.1 Å². The SMILES string of the molecule is CCN(CC)CCCN1C(=O)c2oc3ccccc3c(=O)c2[C@H]1c1cccc(F)c1. The van der Waals surface area contributed by atoms with E-state index in [0.717, 1.165) is 26.1 Å². The van der Waals surface area contributed by atoms with Crippen LogP contribution in [0.15, 0.2) is 57.7 Å². The minimum absolute atomic E-state index is 0.0656. The molecule has 0 unspecified atom stereocenters. The highest BCUT2D eigenvalue weighted by Crippen LogP contribution is 2.38. The third kappa shape index (κ3) is 3.52. The molecule has 0 saturated carbocycles. The van der Waals surface area contributed by atoms with Crippen LogP contribution in [0.1, 0.15) is 48.0 Å². The van der Waals surface area contributed by atoms with E-state index < -0.39 is 11.9 Å². The number of para-hydroxylation sites is 1. The van der Waals surface area contributed by atoms with Crippen LogP contribution in [-0.4, -0.2) is 41.9 Å². The minimum Gasteiger partial charge on any atom is -0.450 e. The first kappa shape index (κ1) is 20.3. The summed E-state index contributed by atoms with van der Waals surface area (Å²) < 4.78 is 19.9. The molecule has 156 valence electrons. The maximum Gasteiger partial charge on any atom is 0.290 e. The van der Waals surface area contributed by atoms with E-state index in [1.807, 2.05) is 0 Å². The van der Waals surface area contributed by atoms with E-state index >= 15 is 0 Å². The van der Waals surface area contributed by atoms with Crippen molar-refractivity contribution >= 4 is 16.9 Å². The van der Waals surface area contributed by atoms with Crippen LogP contribution in [-0.2, 0) is 0 Å². The monoisotopic (exact) mass is 408 g/mol. The van der Waals surface area contributed by atoms with Gasteiger partial charge in [0.25, 0.3) is 5.91 Å². The van der Waals surface area contributed by atoms with Gasteiger partial charge in [0, 0.05) is 6.54 Å². The van der Waals surface area contributed by atoms with E-state index in [1.54, 1.807) is 41.3 Å². The maximum absolute atomic E-state index is 14.0. The number of fused-ring (bicyclic) bond motifs is 2. The first-order valence-corrected chi connectivity index (χ1v) is 10.4. The van der Waals surface area contributed by atoms with Crippen LogP contribution in [0.3, 0.4) is 0 Å². The second kappa shape index (κ2) is 8.40. The van der Waals surface area contributed by atoms with Gasteiger partial charge in [-0.2, -0.15) is 0 Å². The van der Waals surface area contributed by atoms with Gasteiger partial charge in [0.05, 0.1) is 17.0 Å². The highest BCUT2D eigenvalue weighted by Gasteiger charge is 2.42. The molecule has 0 bridgehead atoms. The second-order valence-corrected chi connectivity index (χ2v) is 7.51. The third-order valence-corrected chi connectivity index (χ3v) is 5.81. The van der Waals surface area contributed by atoms with Crippen LogP contribution in [0.5, 0.6) is 0 Å². The molecule has 30 heavy (non-hydrogen) atoms. The van der Waals surface area contributed by atoms with Crippen LogP contribution in [0, 0.1) is 5.82 Å². The van der Waals surface area contributed by atoms with Gasteiger partial charge in [0.1, 0.15) is 11.4 Å². The average Bonchev–Trinajstić information content (AvgIpc) is 3.03. The molecular weight excluding hydrogens is 383 g/mol. The lowest BCUT2D eigenvalue weighted by molar-refractivity contribution is 0.0720. The Labute approximate surface area is 174 Å². The average molecular weight is 408 g/mol. The Hall–Kier alpha value is -2.99. The van der Waals surface area contributed by atoms with E-state index in [1.165, 1.54) is 12.1 Å². The molecular formula is C24H25FN2O3. The first-order chi connectivity index (χ1) is 14.5.